The van der Waals surface area contributed by atoms with Gasteiger partial charge in [0.1, 0.15) is 0 Å². The largest absolute Gasteiger partial charge is 0.326 e. The van der Waals surface area contributed by atoms with E-state index in [4.69, 9.17) is 0 Å². The van der Waals surface area contributed by atoms with Crippen molar-refractivity contribution in [1.29, 1.82) is 0 Å². The molecule has 2 aromatic carbocycles. The van der Waals surface area contributed by atoms with Crippen molar-refractivity contribution in [3.8, 4) is 0 Å². The highest BCUT2D eigenvalue weighted by molar-refractivity contribution is 6.10. The van der Waals surface area contributed by atoms with E-state index in [1.807, 2.05) is 42.5 Å². The number of ketones is 1. The van der Waals surface area contributed by atoms with E-state index in [0.29, 0.717) is 11.3 Å². The van der Waals surface area contributed by atoms with Gasteiger partial charge < -0.3 is 5.32 Å². The first-order valence-electron chi connectivity index (χ1n) is 8.90. The van der Waals surface area contributed by atoms with Gasteiger partial charge in [0.25, 0.3) is 0 Å². The number of anilines is 1. The fraction of sp³-hybridized carbons (Fsp3) is 0.217. The first-order valence-corrected chi connectivity index (χ1v) is 8.90. The second-order valence-electron chi connectivity index (χ2n) is 6.22. The van der Waals surface area contributed by atoms with Crippen LogP contribution in [0.1, 0.15) is 37.8 Å². The smallest absolute Gasteiger partial charge is 0.232 e. The molecule has 0 fully saturated rings. The van der Waals surface area contributed by atoms with Crippen LogP contribution >= 0.6 is 0 Å². The minimum absolute atomic E-state index is 0.156. The molecule has 3 nitrogen and oxygen atoms in total. The van der Waals surface area contributed by atoms with Gasteiger partial charge in [0.2, 0.25) is 5.91 Å². The van der Waals surface area contributed by atoms with Gasteiger partial charge in [0.05, 0.1) is 6.42 Å². The van der Waals surface area contributed by atoms with Gasteiger partial charge in [0, 0.05) is 5.69 Å². The average Bonchev–Trinajstić information content (AvgIpc) is 2.63. The number of nitrogens with one attached hydrogen (secondary N) is 1. The standard InChI is InChI=1S/C23H25NO2/c1-3-9-19-12-8-13-20(16-19)11-7-10-18(2)22(25)17-23(26)24-21-14-5-4-6-15-21/h4-8,10-16H,3,9,17H2,1-2H3,(H,24,26). The first kappa shape index (κ1) is 19.4. The summed E-state index contributed by atoms with van der Waals surface area (Å²) in [6.07, 6.45) is 7.60. The number of carbonyl (C=O) groups excluding carboxylic acids is 2. The van der Waals surface area contributed by atoms with Crippen LogP contribution in [-0.4, -0.2) is 11.7 Å². The molecule has 2 aromatic rings. The number of carbonyl (C=O) groups is 2. The molecule has 0 saturated carbocycles. The Morgan fingerprint density at radius 3 is 2.54 bits per heavy atom. The number of rotatable bonds is 8. The van der Waals surface area contributed by atoms with Crippen molar-refractivity contribution in [2.45, 2.75) is 33.1 Å². The Hall–Kier alpha value is -2.94. The summed E-state index contributed by atoms with van der Waals surface area (Å²) in [6.45, 7) is 3.89. The van der Waals surface area contributed by atoms with Gasteiger partial charge in [-0.05, 0) is 42.2 Å². The lowest BCUT2D eigenvalue weighted by Crippen LogP contribution is -2.16. The van der Waals surface area contributed by atoms with Gasteiger partial charge in [-0.1, -0.05) is 74.0 Å². The monoisotopic (exact) mass is 347 g/mol. The van der Waals surface area contributed by atoms with Crippen molar-refractivity contribution in [1.82, 2.24) is 0 Å². The van der Waals surface area contributed by atoms with Crippen molar-refractivity contribution in [3.05, 3.63) is 83.4 Å². The maximum Gasteiger partial charge on any atom is 0.232 e. The molecule has 0 aliphatic heterocycles. The van der Waals surface area contributed by atoms with E-state index in [1.165, 1.54) is 5.56 Å². The molecule has 134 valence electrons. The second kappa shape index (κ2) is 10.1. The number of para-hydroxylation sites is 1. The number of benzene rings is 2. The lowest BCUT2D eigenvalue weighted by molar-refractivity contribution is -0.123. The van der Waals surface area contributed by atoms with Crippen molar-refractivity contribution in [2.75, 3.05) is 5.32 Å². The summed E-state index contributed by atoms with van der Waals surface area (Å²) in [5.74, 6) is -0.479. The molecule has 0 atom stereocenters. The van der Waals surface area contributed by atoms with Crippen LogP contribution in [0.3, 0.4) is 0 Å². The molecule has 3 heteroatoms. The molecule has 0 saturated heterocycles. The zero-order chi connectivity index (χ0) is 18.8. The van der Waals surface area contributed by atoms with Gasteiger partial charge in [-0.15, -0.1) is 0 Å². The topological polar surface area (TPSA) is 46.2 Å². The third-order valence-corrected chi connectivity index (χ3v) is 3.94. The van der Waals surface area contributed by atoms with E-state index in [-0.39, 0.29) is 18.1 Å². The molecule has 0 spiro atoms. The second-order valence-corrected chi connectivity index (χ2v) is 6.22. The summed E-state index contributed by atoms with van der Waals surface area (Å²) in [7, 11) is 0. The molecule has 0 aromatic heterocycles. The van der Waals surface area contributed by atoms with Crippen LogP contribution in [0.2, 0.25) is 0 Å². The average molecular weight is 347 g/mol. The molecule has 2 rings (SSSR count). The highest BCUT2D eigenvalue weighted by Crippen LogP contribution is 2.10. The van der Waals surface area contributed by atoms with Crippen LogP contribution in [0, 0.1) is 0 Å². The molecule has 26 heavy (non-hydrogen) atoms. The van der Waals surface area contributed by atoms with Crippen LogP contribution in [0.4, 0.5) is 5.69 Å². The van der Waals surface area contributed by atoms with Gasteiger partial charge in [-0.3, -0.25) is 9.59 Å². The maximum absolute atomic E-state index is 12.2. The minimum Gasteiger partial charge on any atom is -0.326 e. The summed E-state index contributed by atoms with van der Waals surface area (Å²) < 4.78 is 0. The third kappa shape index (κ3) is 6.52. The first-order chi connectivity index (χ1) is 12.6. The maximum atomic E-state index is 12.2. The lowest BCUT2D eigenvalue weighted by Gasteiger charge is -2.04. The Morgan fingerprint density at radius 2 is 1.81 bits per heavy atom. The summed E-state index contributed by atoms with van der Waals surface area (Å²) in [5, 5.41) is 2.72. The van der Waals surface area contributed by atoms with Crippen molar-refractivity contribution < 1.29 is 9.59 Å². The number of allylic oxidation sites excluding steroid dienone is 3. The van der Waals surface area contributed by atoms with E-state index in [0.717, 1.165) is 18.4 Å². The van der Waals surface area contributed by atoms with E-state index < -0.39 is 0 Å². The third-order valence-electron chi connectivity index (χ3n) is 3.94. The molecular formula is C23H25NO2. The predicted octanol–water partition coefficient (Wildman–Crippen LogP) is 5.20. The van der Waals surface area contributed by atoms with Gasteiger partial charge in [-0.2, -0.15) is 0 Å². The number of hydrogen-bond acceptors (Lipinski definition) is 2. The van der Waals surface area contributed by atoms with E-state index in [9.17, 15) is 9.59 Å². The molecule has 0 unspecified atom stereocenters. The molecule has 0 heterocycles. The Labute approximate surface area is 155 Å². The highest BCUT2D eigenvalue weighted by Gasteiger charge is 2.10. The van der Waals surface area contributed by atoms with Crippen LogP contribution in [0.15, 0.2) is 72.3 Å². The van der Waals surface area contributed by atoms with Crippen LogP contribution in [0.25, 0.3) is 6.08 Å². The Bertz CT molecular complexity index is 804. The van der Waals surface area contributed by atoms with Crippen LogP contribution < -0.4 is 5.32 Å². The quantitative estimate of drug-likeness (QED) is 0.405. The predicted molar refractivity (Wildman–Crippen MR) is 108 cm³/mol. The summed E-state index contributed by atoms with van der Waals surface area (Å²) in [5.41, 5.74) is 3.67. The molecule has 0 bridgehead atoms. The van der Waals surface area contributed by atoms with Gasteiger partial charge in [-0.25, -0.2) is 0 Å². The molecular weight excluding hydrogens is 322 g/mol. The SMILES string of the molecule is CCCc1cccc(C=CC=C(C)C(=O)CC(=O)Nc2ccccc2)c1. The summed E-state index contributed by atoms with van der Waals surface area (Å²) in [4.78, 5) is 24.1. The minimum atomic E-state index is -0.301. The van der Waals surface area contributed by atoms with Crippen molar-refractivity contribution in [3.63, 3.8) is 0 Å². The highest BCUT2D eigenvalue weighted by atomic mass is 16.2. The van der Waals surface area contributed by atoms with E-state index in [2.05, 4.69) is 24.4 Å². The number of aryl methyl sites for hydroxylation is 1. The lowest BCUT2D eigenvalue weighted by atomic mass is 10.1. The number of Topliss-reactive ketones (excluding diaryl/α,β-unsaturated/α-hetero) is 1. The zero-order valence-electron chi connectivity index (χ0n) is 15.4. The Kier molecular flexibility index (Phi) is 7.56. The van der Waals surface area contributed by atoms with Crippen molar-refractivity contribution >= 4 is 23.5 Å². The fourth-order valence-corrected chi connectivity index (χ4v) is 2.55. The summed E-state index contributed by atoms with van der Waals surface area (Å²) in [6, 6.07) is 17.5. The Balaban J connectivity index is 1.90. The summed E-state index contributed by atoms with van der Waals surface area (Å²) >= 11 is 0. The number of amides is 1. The molecule has 1 amide bonds. The molecule has 0 radical (unpaired) electrons. The molecule has 0 aliphatic rings. The van der Waals surface area contributed by atoms with E-state index in [1.54, 1.807) is 25.1 Å². The molecule has 1 N–H and O–H groups in total. The normalized spacial score (nSPS) is 11.5. The zero-order valence-corrected chi connectivity index (χ0v) is 15.4. The van der Waals surface area contributed by atoms with E-state index >= 15 is 0 Å². The van der Waals surface area contributed by atoms with Crippen LogP contribution in [0.5, 0.6) is 0 Å². The van der Waals surface area contributed by atoms with Crippen molar-refractivity contribution in [2.24, 2.45) is 0 Å². The van der Waals surface area contributed by atoms with Gasteiger partial charge >= 0.3 is 0 Å². The van der Waals surface area contributed by atoms with Crippen LogP contribution in [-0.2, 0) is 16.0 Å². The number of hydrogen-bond donors (Lipinski definition) is 1. The molecule has 0 aliphatic carbocycles. The fourth-order valence-electron chi connectivity index (χ4n) is 2.55. The van der Waals surface area contributed by atoms with Gasteiger partial charge in [0.15, 0.2) is 5.78 Å². The Morgan fingerprint density at radius 1 is 1.04 bits per heavy atom.